The summed E-state index contributed by atoms with van der Waals surface area (Å²) < 4.78 is 6.87. The molecule has 0 radical (unpaired) electrons. The van der Waals surface area contributed by atoms with Gasteiger partial charge >= 0.3 is 5.97 Å². The molecule has 23 heavy (non-hydrogen) atoms. The quantitative estimate of drug-likeness (QED) is 0.484. The number of piperidine rings is 1. The van der Waals surface area contributed by atoms with Crippen LogP contribution in [0.15, 0.2) is 11.3 Å². The van der Waals surface area contributed by atoms with Gasteiger partial charge in [0, 0.05) is 26.7 Å². The van der Waals surface area contributed by atoms with Crippen LogP contribution in [0.4, 0.5) is 0 Å². The molecule has 0 aromatic carbocycles. The summed E-state index contributed by atoms with van der Waals surface area (Å²) in [5.41, 5.74) is 0. The van der Waals surface area contributed by atoms with Crippen molar-refractivity contribution in [1.82, 2.24) is 25.0 Å². The van der Waals surface area contributed by atoms with Gasteiger partial charge in [0.2, 0.25) is 0 Å². The number of aromatic nitrogens is 3. The van der Waals surface area contributed by atoms with E-state index in [9.17, 15) is 4.79 Å². The first-order valence-electron chi connectivity index (χ1n) is 8.18. The van der Waals surface area contributed by atoms with Crippen molar-refractivity contribution in [1.29, 1.82) is 0 Å². The average molecular weight is 322 g/mol. The maximum atomic E-state index is 12.0. The van der Waals surface area contributed by atoms with E-state index in [2.05, 4.69) is 25.3 Å². The first-order valence-corrected chi connectivity index (χ1v) is 8.18. The molecule has 0 aliphatic carbocycles. The highest BCUT2D eigenvalue weighted by Crippen LogP contribution is 2.18. The van der Waals surface area contributed by atoms with E-state index in [1.54, 1.807) is 4.68 Å². The number of carbonyl (C=O) groups is 1. The van der Waals surface area contributed by atoms with Gasteiger partial charge in [0.25, 0.3) is 0 Å². The molecular formula is C15H26N6O2. The van der Waals surface area contributed by atoms with Gasteiger partial charge < -0.3 is 15.0 Å². The van der Waals surface area contributed by atoms with E-state index in [4.69, 9.17) is 4.74 Å². The standard InChI is InChI=1S/C15H26N6O2/c1-4-16-15(17-9-13-18-11-19-20(13)3)21-8-6-7-12(10-21)14(22)23-5-2/h11-12H,4-10H2,1-3H3,(H,16,17). The summed E-state index contributed by atoms with van der Waals surface area (Å²) in [5.74, 6) is 1.42. The summed E-state index contributed by atoms with van der Waals surface area (Å²) in [6.07, 6.45) is 3.35. The Morgan fingerprint density at radius 2 is 2.35 bits per heavy atom. The van der Waals surface area contributed by atoms with Gasteiger partial charge in [-0.15, -0.1) is 0 Å². The van der Waals surface area contributed by atoms with E-state index >= 15 is 0 Å². The molecule has 1 aliphatic rings. The lowest BCUT2D eigenvalue weighted by molar-refractivity contribution is -0.149. The van der Waals surface area contributed by atoms with Gasteiger partial charge in [-0.3, -0.25) is 9.48 Å². The van der Waals surface area contributed by atoms with Crippen LogP contribution in [0.5, 0.6) is 0 Å². The molecule has 0 saturated carbocycles. The van der Waals surface area contributed by atoms with Gasteiger partial charge in [0.05, 0.1) is 12.5 Å². The summed E-state index contributed by atoms with van der Waals surface area (Å²) >= 11 is 0. The van der Waals surface area contributed by atoms with Gasteiger partial charge in [-0.25, -0.2) is 9.98 Å². The van der Waals surface area contributed by atoms with Crippen molar-refractivity contribution in [3.8, 4) is 0 Å². The number of hydrogen-bond acceptors (Lipinski definition) is 5. The number of carbonyl (C=O) groups excluding carboxylic acids is 1. The fourth-order valence-electron chi connectivity index (χ4n) is 2.66. The Labute approximate surface area is 136 Å². The summed E-state index contributed by atoms with van der Waals surface area (Å²) in [7, 11) is 1.85. The highest BCUT2D eigenvalue weighted by atomic mass is 16.5. The molecule has 1 aromatic heterocycles. The third-order valence-corrected chi connectivity index (χ3v) is 3.85. The van der Waals surface area contributed by atoms with Gasteiger partial charge in [0.1, 0.15) is 18.7 Å². The third kappa shape index (κ3) is 4.67. The monoisotopic (exact) mass is 322 g/mol. The highest BCUT2D eigenvalue weighted by molar-refractivity contribution is 5.81. The zero-order chi connectivity index (χ0) is 16.7. The molecule has 1 fully saturated rings. The van der Waals surface area contributed by atoms with Crippen molar-refractivity contribution >= 4 is 11.9 Å². The number of guanidine groups is 1. The van der Waals surface area contributed by atoms with Crippen LogP contribution in [-0.2, 0) is 23.1 Å². The largest absolute Gasteiger partial charge is 0.466 e. The molecule has 1 saturated heterocycles. The van der Waals surface area contributed by atoms with Gasteiger partial charge in [-0.1, -0.05) is 0 Å². The summed E-state index contributed by atoms with van der Waals surface area (Å²) in [4.78, 5) is 22.9. The Morgan fingerprint density at radius 1 is 1.52 bits per heavy atom. The number of esters is 1. The molecule has 1 N–H and O–H groups in total. The fraction of sp³-hybridized carbons (Fsp3) is 0.733. The first kappa shape index (κ1) is 17.2. The van der Waals surface area contributed by atoms with E-state index in [1.807, 2.05) is 20.9 Å². The highest BCUT2D eigenvalue weighted by Gasteiger charge is 2.28. The Kier molecular flexibility index (Phi) is 6.37. The van der Waals surface area contributed by atoms with E-state index in [1.165, 1.54) is 6.33 Å². The smallest absolute Gasteiger partial charge is 0.310 e. The maximum absolute atomic E-state index is 12.0. The molecule has 8 heteroatoms. The zero-order valence-corrected chi connectivity index (χ0v) is 14.2. The lowest BCUT2D eigenvalue weighted by Gasteiger charge is -2.34. The van der Waals surface area contributed by atoms with E-state index < -0.39 is 0 Å². The second-order valence-electron chi connectivity index (χ2n) is 5.51. The summed E-state index contributed by atoms with van der Waals surface area (Å²) in [6.45, 7) is 7.06. The Morgan fingerprint density at radius 3 is 3.00 bits per heavy atom. The number of likely N-dealkylation sites (tertiary alicyclic amines) is 1. The van der Waals surface area contributed by atoms with Crippen LogP contribution in [0.1, 0.15) is 32.5 Å². The minimum absolute atomic E-state index is 0.0811. The summed E-state index contributed by atoms with van der Waals surface area (Å²) in [5, 5.41) is 7.34. The number of rotatable bonds is 5. The lowest BCUT2D eigenvalue weighted by atomic mass is 9.98. The molecule has 0 bridgehead atoms. The van der Waals surface area contributed by atoms with Gasteiger partial charge in [0.15, 0.2) is 5.96 Å². The van der Waals surface area contributed by atoms with E-state index in [0.29, 0.717) is 19.7 Å². The predicted octanol–water partition coefficient (Wildman–Crippen LogP) is 0.556. The maximum Gasteiger partial charge on any atom is 0.310 e. The van der Waals surface area contributed by atoms with Gasteiger partial charge in [-0.05, 0) is 26.7 Å². The van der Waals surface area contributed by atoms with Crippen LogP contribution in [0.25, 0.3) is 0 Å². The molecule has 0 spiro atoms. The first-order chi connectivity index (χ1) is 11.2. The minimum atomic E-state index is -0.110. The normalized spacial score (nSPS) is 18.8. The van der Waals surface area contributed by atoms with Crippen molar-refractivity contribution in [2.45, 2.75) is 33.2 Å². The molecule has 8 nitrogen and oxygen atoms in total. The molecule has 1 aliphatic heterocycles. The number of aliphatic imine (C=N–C) groups is 1. The molecule has 2 heterocycles. The number of ether oxygens (including phenoxy) is 1. The second-order valence-corrected chi connectivity index (χ2v) is 5.51. The van der Waals surface area contributed by atoms with Gasteiger partial charge in [-0.2, -0.15) is 5.10 Å². The third-order valence-electron chi connectivity index (χ3n) is 3.85. The van der Waals surface area contributed by atoms with Crippen LogP contribution in [-0.4, -0.2) is 57.8 Å². The van der Waals surface area contributed by atoms with Crippen molar-refractivity contribution < 1.29 is 9.53 Å². The molecule has 0 amide bonds. The number of nitrogens with one attached hydrogen (secondary N) is 1. The molecule has 1 atom stereocenters. The second kappa shape index (κ2) is 8.50. The minimum Gasteiger partial charge on any atom is -0.466 e. The van der Waals surface area contributed by atoms with Crippen molar-refractivity contribution in [3.05, 3.63) is 12.2 Å². The Balaban J connectivity index is 2.04. The lowest BCUT2D eigenvalue weighted by Crippen LogP contribution is -2.48. The number of aryl methyl sites for hydroxylation is 1. The Hall–Kier alpha value is -2.12. The predicted molar refractivity (Wildman–Crippen MR) is 86.7 cm³/mol. The molecular weight excluding hydrogens is 296 g/mol. The van der Waals surface area contributed by atoms with Crippen molar-refractivity contribution in [2.75, 3.05) is 26.2 Å². The zero-order valence-electron chi connectivity index (χ0n) is 14.2. The Bertz CT molecular complexity index is 542. The average Bonchev–Trinajstić information content (AvgIpc) is 2.97. The van der Waals surface area contributed by atoms with Crippen LogP contribution in [0.3, 0.4) is 0 Å². The number of nitrogens with zero attached hydrogens (tertiary/aromatic N) is 5. The topological polar surface area (TPSA) is 84.6 Å². The fourth-order valence-corrected chi connectivity index (χ4v) is 2.66. The van der Waals surface area contributed by atoms with Crippen molar-refractivity contribution in [3.63, 3.8) is 0 Å². The van der Waals surface area contributed by atoms with E-state index in [0.717, 1.165) is 37.7 Å². The summed E-state index contributed by atoms with van der Waals surface area (Å²) in [6, 6.07) is 0. The van der Waals surface area contributed by atoms with E-state index in [-0.39, 0.29) is 11.9 Å². The SMILES string of the molecule is CCNC(=NCc1ncnn1C)N1CCCC(C(=O)OCC)C1. The van der Waals surface area contributed by atoms with Crippen molar-refractivity contribution in [2.24, 2.45) is 18.0 Å². The van der Waals surface area contributed by atoms with Crippen LogP contribution in [0, 0.1) is 5.92 Å². The van der Waals surface area contributed by atoms with Crippen LogP contribution < -0.4 is 5.32 Å². The van der Waals surface area contributed by atoms with Crippen LogP contribution >= 0.6 is 0 Å². The molecule has 2 rings (SSSR count). The van der Waals surface area contributed by atoms with Crippen LogP contribution in [0.2, 0.25) is 0 Å². The molecule has 1 unspecified atom stereocenters. The molecule has 1 aromatic rings. The molecule has 128 valence electrons. The number of hydrogen-bond donors (Lipinski definition) is 1.